The number of hydrogen-bond donors (Lipinski definition) is 1. The molecule has 1 aliphatic heterocycles. The first-order chi connectivity index (χ1) is 13.2. The van der Waals surface area contributed by atoms with Crippen LogP contribution in [-0.4, -0.2) is 11.8 Å². The van der Waals surface area contributed by atoms with Crippen molar-refractivity contribution in [1.29, 1.82) is 0 Å². The number of nitrogens with one attached hydrogen (secondary N) is 1. The molecule has 2 atom stereocenters. The number of carbonyl (C=O) groups is 2. The standard InChI is InChI=1S/C20H40.C4H3NO2/c1-3-5-7-9-10-12-16-20-18-14-13-17-19(20)15-11-8-6-4-2;6-3-1-2-4(7)5-3/h19-20H,3-18H2,1-2H3;1-2H,(H,5,6,7). The normalized spacial score (nSPS) is 21.7. The topological polar surface area (TPSA) is 46.2 Å². The van der Waals surface area contributed by atoms with E-state index in [1.165, 1.54) is 89.2 Å². The summed E-state index contributed by atoms with van der Waals surface area (Å²) in [5.41, 5.74) is 0. The Morgan fingerprint density at radius 2 is 1.11 bits per heavy atom. The van der Waals surface area contributed by atoms with Gasteiger partial charge in [0.25, 0.3) is 11.8 Å². The first-order valence-corrected chi connectivity index (χ1v) is 11.7. The quantitative estimate of drug-likeness (QED) is 0.303. The van der Waals surface area contributed by atoms with Crippen LogP contribution in [0, 0.1) is 11.8 Å². The minimum Gasteiger partial charge on any atom is -0.289 e. The summed E-state index contributed by atoms with van der Waals surface area (Å²) >= 11 is 0. The molecule has 2 rings (SSSR count). The lowest BCUT2D eigenvalue weighted by Crippen LogP contribution is -2.19. The molecule has 0 saturated heterocycles. The molecule has 3 nitrogen and oxygen atoms in total. The van der Waals surface area contributed by atoms with Gasteiger partial charge in [-0.15, -0.1) is 0 Å². The van der Waals surface area contributed by atoms with Crippen molar-refractivity contribution in [2.45, 2.75) is 117 Å². The van der Waals surface area contributed by atoms with Gasteiger partial charge < -0.3 is 0 Å². The molecule has 2 unspecified atom stereocenters. The summed E-state index contributed by atoms with van der Waals surface area (Å²) in [6.07, 6.45) is 26.2. The molecule has 2 aliphatic rings. The van der Waals surface area contributed by atoms with Gasteiger partial charge in [-0.3, -0.25) is 14.9 Å². The molecule has 27 heavy (non-hydrogen) atoms. The highest BCUT2D eigenvalue weighted by Crippen LogP contribution is 2.36. The second kappa shape index (κ2) is 15.9. The smallest absolute Gasteiger partial charge is 0.250 e. The van der Waals surface area contributed by atoms with Crippen LogP contribution in [0.2, 0.25) is 0 Å². The van der Waals surface area contributed by atoms with Crippen LogP contribution in [0.5, 0.6) is 0 Å². The molecule has 0 aromatic rings. The number of rotatable bonds is 12. The zero-order valence-electron chi connectivity index (χ0n) is 17.9. The lowest BCUT2D eigenvalue weighted by atomic mass is 9.74. The highest BCUT2D eigenvalue weighted by Gasteiger charge is 2.23. The maximum Gasteiger partial charge on any atom is 0.250 e. The molecule has 156 valence electrons. The van der Waals surface area contributed by atoms with E-state index in [9.17, 15) is 9.59 Å². The third-order valence-electron chi connectivity index (χ3n) is 6.06. The van der Waals surface area contributed by atoms with Gasteiger partial charge in [-0.25, -0.2) is 0 Å². The van der Waals surface area contributed by atoms with Crippen LogP contribution in [0.3, 0.4) is 0 Å². The number of amides is 2. The summed E-state index contributed by atoms with van der Waals surface area (Å²) in [7, 11) is 0. The van der Waals surface area contributed by atoms with Crippen molar-refractivity contribution >= 4 is 11.8 Å². The zero-order chi connectivity index (χ0) is 19.7. The SMILES string of the molecule is CCCCCCCCC1CCCCC1CCCCCC.O=C1C=CC(=O)N1. The highest BCUT2D eigenvalue weighted by molar-refractivity contribution is 6.12. The van der Waals surface area contributed by atoms with Gasteiger partial charge >= 0.3 is 0 Å². The maximum absolute atomic E-state index is 10.0. The van der Waals surface area contributed by atoms with Gasteiger partial charge in [0.1, 0.15) is 0 Å². The summed E-state index contributed by atoms with van der Waals surface area (Å²) in [5.74, 6) is 1.53. The molecule has 0 aromatic carbocycles. The average molecular weight is 378 g/mol. The van der Waals surface area contributed by atoms with Crippen molar-refractivity contribution in [3.63, 3.8) is 0 Å². The summed E-state index contributed by atoms with van der Waals surface area (Å²) in [4.78, 5) is 20.1. The average Bonchev–Trinajstić information content (AvgIpc) is 3.06. The highest BCUT2D eigenvalue weighted by atomic mass is 16.2. The fourth-order valence-corrected chi connectivity index (χ4v) is 4.42. The third kappa shape index (κ3) is 12.0. The van der Waals surface area contributed by atoms with E-state index in [2.05, 4.69) is 13.8 Å². The number of hydrogen-bond acceptors (Lipinski definition) is 2. The van der Waals surface area contributed by atoms with E-state index in [0.29, 0.717) is 0 Å². The molecule has 0 bridgehead atoms. The summed E-state index contributed by atoms with van der Waals surface area (Å²) in [5, 5.41) is 2.03. The maximum atomic E-state index is 10.0. The first-order valence-electron chi connectivity index (χ1n) is 11.7. The Morgan fingerprint density at radius 1 is 0.704 bits per heavy atom. The Bertz CT molecular complexity index is 414. The largest absolute Gasteiger partial charge is 0.289 e. The van der Waals surface area contributed by atoms with E-state index in [-0.39, 0.29) is 11.8 Å². The Morgan fingerprint density at radius 3 is 1.52 bits per heavy atom. The fraction of sp³-hybridized carbons (Fsp3) is 0.833. The number of unbranched alkanes of at least 4 members (excludes halogenated alkanes) is 8. The molecule has 0 spiro atoms. The molecule has 0 aromatic heterocycles. The molecule has 2 amide bonds. The summed E-state index contributed by atoms with van der Waals surface area (Å²) in [6.45, 7) is 4.63. The van der Waals surface area contributed by atoms with Gasteiger partial charge in [-0.1, -0.05) is 117 Å². The van der Waals surface area contributed by atoms with Crippen LogP contribution in [0.25, 0.3) is 0 Å². The second-order valence-corrected chi connectivity index (χ2v) is 8.40. The van der Waals surface area contributed by atoms with Gasteiger partial charge in [-0.2, -0.15) is 0 Å². The van der Waals surface area contributed by atoms with E-state index < -0.39 is 0 Å². The Hall–Kier alpha value is -1.12. The predicted molar refractivity (Wildman–Crippen MR) is 114 cm³/mol. The van der Waals surface area contributed by atoms with Crippen LogP contribution in [0.4, 0.5) is 0 Å². The lowest BCUT2D eigenvalue weighted by Gasteiger charge is -2.32. The van der Waals surface area contributed by atoms with Gasteiger partial charge in [0.05, 0.1) is 0 Å². The third-order valence-corrected chi connectivity index (χ3v) is 6.06. The van der Waals surface area contributed by atoms with Gasteiger partial charge in [-0.05, 0) is 11.8 Å². The van der Waals surface area contributed by atoms with Gasteiger partial charge in [0.15, 0.2) is 0 Å². The van der Waals surface area contributed by atoms with E-state index in [1.807, 2.05) is 5.32 Å². The van der Waals surface area contributed by atoms with Crippen LogP contribution in [0.1, 0.15) is 117 Å². The van der Waals surface area contributed by atoms with Crippen molar-refractivity contribution in [2.75, 3.05) is 0 Å². The molecule has 1 fully saturated rings. The fourth-order valence-electron chi connectivity index (χ4n) is 4.42. The summed E-state index contributed by atoms with van der Waals surface area (Å²) in [6, 6.07) is 0. The van der Waals surface area contributed by atoms with Crippen molar-refractivity contribution in [3.8, 4) is 0 Å². The Labute approximate surface area is 167 Å². The minimum absolute atomic E-state index is 0.329. The van der Waals surface area contributed by atoms with E-state index >= 15 is 0 Å². The molecule has 1 saturated carbocycles. The van der Waals surface area contributed by atoms with Crippen LogP contribution < -0.4 is 5.32 Å². The van der Waals surface area contributed by atoms with Gasteiger partial charge in [0.2, 0.25) is 0 Å². The molecule has 3 heteroatoms. The number of imide groups is 1. The predicted octanol–water partition coefficient (Wildman–Crippen LogP) is 6.71. The second-order valence-electron chi connectivity index (χ2n) is 8.40. The van der Waals surface area contributed by atoms with E-state index in [4.69, 9.17) is 0 Å². The lowest BCUT2D eigenvalue weighted by molar-refractivity contribution is -0.123. The molecule has 0 radical (unpaired) electrons. The van der Waals surface area contributed by atoms with E-state index in [1.54, 1.807) is 25.7 Å². The molecule has 1 heterocycles. The first kappa shape index (κ1) is 23.9. The van der Waals surface area contributed by atoms with Crippen molar-refractivity contribution < 1.29 is 9.59 Å². The van der Waals surface area contributed by atoms with Crippen molar-refractivity contribution in [3.05, 3.63) is 12.2 Å². The minimum atomic E-state index is -0.329. The Kier molecular flexibility index (Phi) is 14.1. The summed E-state index contributed by atoms with van der Waals surface area (Å²) < 4.78 is 0. The Balaban J connectivity index is 0.000000433. The molecule has 1 aliphatic carbocycles. The van der Waals surface area contributed by atoms with Crippen LogP contribution in [0.15, 0.2) is 12.2 Å². The number of carbonyl (C=O) groups excluding carboxylic acids is 2. The monoisotopic (exact) mass is 377 g/mol. The van der Waals surface area contributed by atoms with Gasteiger partial charge in [0, 0.05) is 12.2 Å². The van der Waals surface area contributed by atoms with Crippen molar-refractivity contribution in [2.24, 2.45) is 11.8 Å². The van der Waals surface area contributed by atoms with Crippen LogP contribution >= 0.6 is 0 Å². The van der Waals surface area contributed by atoms with Crippen molar-refractivity contribution in [1.82, 2.24) is 5.32 Å². The molecular weight excluding hydrogens is 334 g/mol. The van der Waals surface area contributed by atoms with Crippen LogP contribution in [-0.2, 0) is 9.59 Å². The molecule has 1 N–H and O–H groups in total. The zero-order valence-corrected chi connectivity index (χ0v) is 17.9. The molecular formula is C24H43NO2. The van der Waals surface area contributed by atoms with E-state index in [0.717, 1.165) is 11.8 Å².